The molecule has 1 aromatic carbocycles. The van der Waals surface area contributed by atoms with Gasteiger partial charge in [0.05, 0.1) is 13.2 Å². The van der Waals surface area contributed by atoms with Crippen molar-refractivity contribution in [1.82, 2.24) is 14.4 Å². The fraction of sp³-hybridized carbons (Fsp3) is 0.333. The molecule has 3 rings (SSSR count). The van der Waals surface area contributed by atoms with E-state index in [1.54, 1.807) is 0 Å². The van der Waals surface area contributed by atoms with Crippen LogP contribution in [0, 0.1) is 0 Å². The van der Waals surface area contributed by atoms with Crippen molar-refractivity contribution >= 4 is 10.0 Å². The zero-order chi connectivity index (χ0) is 14.0. The quantitative estimate of drug-likeness (QED) is 0.834. The van der Waals surface area contributed by atoms with Crippen molar-refractivity contribution in [1.29, 1.82) is 0 Å². The van der Waals surface area contributed by atoms with Crippen molar-refractivity contribution in [2.75, 3.05) is 19.1 Å². The molecule has 1 saturated heterocycles. The first-order chi connectivity index (χ1) is 9.65. The highest BCUT2D eigenvalue weighted by Crippen LogP contribution is 2.18. The van der Waals surface area contributed by atoms with Gasteiger partial charge in [0, 0.05) is 12.1 Å². The lowest BCUT2D eigenvalue weighted by molar-refractivity contribution is 0.129. The van der Waals surface area contributed by atoms with E-state index >= 15 is 0 Å². The van der Waals surface area contributed by atoms with Gasteiger partial charge in [-0.15, -0.1) is 0 Å². The van der Waals surface area contributed by atoms with Gasteiger partial charge in [0.25, 0.3) is 5.89 Å². The maximum absolute atomic E-state index is 11.8. The predicted molar refractivity (Wildman–Crippen MR) is 69.9 cm³/mol. The Morgan fingerprint density at radius 2 is 2.05 bits per heavy atom. The summed E-state index contributed by atoms with van der Waals surface area (Å²) in [7, 11) is -3.39. The Kier molecular flexibility index (Phi) is 3.51. The normalized spacial score (nSPS) is 19.0. The molecule has 0 spiro atoms. The predicted octanol–water partition coefficient (Wildman–Crippen LogP) is 0.856. The molecule has 1 fully saturated rings. The molecule has 0 N–H and O–H groups in total. The van der Waals surface area contributed by atoms with Gasteiger partial charge in [0.15, 0.2) is 11.8 Å². The Hall–Kier alpha value is -1.77. The monoisotopic (exact) mass is 295 g/mol. The molecule has 0 atom stereocenters. The number of ether oxygens (including phenoxy) is 1. The number of aromatic nitrogens is 2. The molecular weight excluding hydrogens is 282 g/mol. The summed E-state index contributed by atoms with van der Waals surface area (Å²) in [5.41, 5.74) is 0.802. The topological polar surface area (TPSA) is 85.5 Å². The lowest BCUT2D eigenvalue weighted by atomic mass is 10.2. The van der Waals surface area contributed by atoms with Crippen LogP contribution in [-0.4, -0.2) is 42.0 Å². The van der Waals surface area contributed by atoms with E-state index in [2.05, 4.69) is 10.1 Å². The molecule has 0 aliphatic carbocycles. The highest BCUT2D eigenvalue weighted by Gasteiger charge is 2.28. The summed E-state index contributed by atoms with van der Waals surface area (Å²) in [6, 6.07) is 9.32. The SMILES string of the molecule is O=S1(=O)COCCN1Cc1noc(-c2ccccc2)n1. The lowest BCUT2D eigenvalue weighted by Gasteiger charge is -2.24. The lowest BCUT2D eigenvalue weighted by Crippen LogP contribution is -2.40. The molecule has 1 aromatic heterocycles. The van der Waals surface area contributed by atoms with Gasteiger partial charge in [0.2, 0.25) is 10.0 Å². The number of benzene rings is 1. The van der Waals surface area contributed by atoms with Crippen molar-refractivity contribution < 1.29 is 17.7 Å². The van der Waals surface area contributed by atoms with Gasteiger partial charge in [-0.3, -0.25) is 0 Å². The standard InChI is InChI=1S/C12H13N3O4S/c16-20(17)9-18-7-6-15(20)8-11-13-12(19-14-11)10-4-2-1-3-5-10/h1-5H,6-9H2. The Labute approximate surface area is 116 Å². The van der Waals surface area contributed by atoms with Crippen molar-refractivity contribution in [3.05, 3.63) is 36.2 Å². The Morgan fingerprint density at radius 3 is 2.80 bits per heavy atom. The summed E-state index contributed by atoms with van der Waals surface area (Å²) in [5, 5.41) is 3.82. The van der Waals surface area contributed by atoms with Crippen LogP contribution in [-0.2, 0) is 21.3 Å². The number of nitrogens with zero attached hydrogens (tertiary/aromatic N) is 3. The first-order valence-corrected chi connectivity index (χ1v) is 7.70. The van der Waals surface area contributed by atoms with Gasteiger partial charge in [-0.1, -0.05) is 23.4 Å². The van der Waals surface area contributed by atoms with E-state index in [1.807, 2.05) is 30.3 Å². The Morgan fingerprint density at radius 1 is 1.25 bits per heavy atom. The summed E-state index contributed by atoms with van der Waals surface area (Å²) < 4.78 is 34.9. The van der Waals surface area contributed by atoms with Crippen LogP contribution in [0.1, 0.15) is 5.82 Å². The van der Waals surface area contributed by atoms with Crippen LogP contribution in [0.5, 0.6) is 0 Å². The van der Waals surface area contributed by atoms with Gasteiger partial charge in [-0.25, -0.2) is 8.42 Å². The van der Waals surface area contributed by atoms with E-state index in [0.29, 0.717) is 24.9 Å². The zero-order valence-electron chi connectivity index (χ0n) is 10.6. The molecule has 0 unspecified atom stereocenters. The van der Waals surface area contributed by atoms with Gasteiger partial charge < -0.3 is 9.26 Å². The van der Waals surface area contributed by atoms with Crippen LogP contribution >= 0.6 is 0 Å². The maximum Gasteiger partial charge on any atom is 0.257 e. The van der Waals surface area contributed by atoms with Crippen molar-refractivity contribution in [2.24, 2.45) is 0 Å². The third-order valence-electron chi connectivity index (χ3n) is 2.92. The van der Waals surface area contributed by atoms with Crippen LogP contribution < -0.4 is 0 Å². The smallest absolute Gasteiger partial charge is 0.257 e. The van der Waals surface area contributed by atoms with Gasteiger partial charge in [0.1, 0.15) is 0 Å². The molecule has 2 heterocycles. The second-order valence-electron chi connectivity index (χ2n) is 4.35. The van der Waals surface area contributed by atoms with Crippen molar-refractivity contribution in [2.45, 2.75) is 6.54 Å². The van der Waals surface area contributed by atoms with Crippen molar-refractivity contribution in [3.63, 3.8) is 0 Å². The number of hydrogen-bond donors (Lipinski definition) is 0. The second kappa shape index (κ2) is 5.31. The molecule has 2 aromatic rings. The van der Waals surface area contributed by atoms with E-state index in [1.165, 1.54) is 4.31 Å². The van der Waals surface area contributed by atoms with E-state index in [4.69, 9.17) is 9.26 Å². The minimum atomic E-state index is -3.39. The second-order valence-corrected chi connectivity index (χ2v) is 6.27. The minimum absolute atomic E-state index is 0.0992. The fourth-order valence-electron chi connectivity index (χ4n) is 1.90. The molecule has 8 heteroatoms. The van der Waals surface area contributed by atoms with Crippen LogP contribution in [0.25, 0.3) is 11.5 Å². The summed E-state index contributed by atoms with van der Waals surface area (Å²) >= 11 is 0. The third kappa shape index (κ3) is 2.72. The largest absolute Gasteiger partial charge is 0.363 e. The Balaban J connectivity index is 1.78. The first-order valence-electron chi connectivity index (χ1n) is 6.09. The molecule has 1 aliphatic rings. The molecular formula is C12H13N3O4S. The number of rotatable bonds is 3. The summed E-state index contributed by atoms with van der Waals surface area (Å²) in [6.07, 6.45) is 0. The molecule has 7 nitrogen and oxygen atoms in total. The zero-order valence-corrected chi connectivity index (χ0v) is 11.4. The molecule has 106 valence electrons. The molecule has 0 saturated carbocycles. The van der Waals surface area contributed by atoms with Crippen molar-refractivity contribution in [3.8, 4) is 11.5 Å². The molecule has 0 radical (unpaired) electrons. The van der Waals surface area contributed by atoms with Gasteiger partial charge in [-0.05, 0) is 12.1 Å². The van der Waals surface area contributed by atoms with E-state index in [-0.39, 0.29) is 12.5 Å². The highest BCUT2D eigenvalue weighted by molar-refractivity contribution is 7.88. The Bertz CT molecular complexity index is 684. The number of sulfonamides is 1. The molecule has 20 heavy (non-hydrogen) atoms. The summed E-state index contributed by atoms with van der Waals surface area (Å²) in [4.78, 5) is 4.22. The maximum atomic E-state index is 11.8. The first kappa shape index (κ1) is 13.2. The fourth-order valence-corrected chi connectivity index (χ4v) is 3.04. The summed E-state index contributed by atoms with van der Waals surface area (Å²) in [5.74, 6) is 0.428. The minimum Gasteiger partial charge on any atom is -0.363 e. The summed E-state index contributed by atoms with van der Waals surface area (Å²) in [6.45, 7) is 0.780. The van der Waals surface area contributed by atoms with E-state index in [0.717, 1.165) is 5.56 Å². The molecule has 0 bridgehead atoms. The van der Waals surface area contributed by atoms with Crippen LogP contribution in [0.3, 0.4) is 0 Å². The van der Waals surface area contributed by atoms with Crippen LogP contribution in [0.15, 0.2) is 34.9 Å². The van der Waals surface area contributed by atoms with Crippen LogP contribution in [0.2, 0.25) is 0 Å². The van der Waals surface area contributed by atoms with Gasteiger partial charge in [-0.2, -0.15) is 9.29 Å². The average molecular weight is 295 g/mol. The third-order valence-corrected chi connectivity index (χ3v) is 4.48. The van der Waals surface area contributed by atoms with Crippen LogP contribution in [0.4, 0.5) is 0 Å². The molecule has 1 aliphatic heterocycles. The molecule has 0 amide bonds. The van der Waals surface area contributed by atoms with E-state index in [9.17, 15) is 8.42 Å². The van der Waals surface area contributed by atoms with E-state index < -0.39 is 10.0 Å². The van der Waals surface area contributed by atoms with Gasteiger partial charge >= 0.3 is 0 Å². The number of hydrogen-bond acceptors (Lipinski definition) is 6. The highest BCUT2D eigenvalue weighted by atomic mass is 32.2. The average Bonchev–Trinajstić information content (AvgIpc) is 2.91.